The Labute approximate surface area is 198 Å². The van der Waals surface area contributed by atoms with Gasteiger partial charge in [-0.15, -0.1) is 5.10 Å². The lowest BCUT2D eigenvalue weighted by molar-refractivity contribution is -0.128. The van der Waals surface area contributed by atoms with E-state index in [1.54, 1.807) is 0 Å². The van der Waals surface area contributed by atoms with E-state index in [0.717, 1.165) is 36.4 Å². The predicted octanol–water partition coefficient (Wildman–Crippen LogP) is 2.32. The molecule has 4 aliphatic rings. The van der Waals surface area contributed by atoms with Gasteiger partial charge in [-0.05, 0) is 30.5 Å². The number of nitrogens with zero attached hydrogens (tertiary/aromatic N) is 4. The molecule has 34 heavy (non-hydrogen) atoms. The maximum Gasteiger partial charge on any atom is 0.217 e. The molecule has 2 aromatic heterocycles. The first-order chi connectivity index (χ1) is 16.3. The van der Waals surface area contributed by atoms with Crippen molar-refractivity contribution in [1.82, 2.24) is 19.9 Å². The summed E-state index contributed by atoms with van der Waals surface area (Å²) in [5.74, 6) is 0.209. The summed E-state index contributed by atoms with van der Waals surface area (Å²) in [6.45, 7) is 8.10. The number of anilines is 1. The smallest absolute Gasteiger partial charge is 0.217 e. The summed E-state index contributed by atoms with van der Waals surface area (Å²) in [5, 5.41) is 18.0. The highest BCUT2D eigenvalue weighted by Gasteiger charge is 2.73. The number of carbonyl (C=O) groups is 1. The van der Waals surface area contributed by atoms with E-state index in [2.05, 4.69) is 66.7 Å². The molecule has 1 saturated carbocycles. The van der Waals surface area contributed by atoms with Gasteiger partial charge in [0.15, 0.2) is 11.5 Å². The number of pyridine rings is 1. The van der Waals surface area contributed by atoms with Crippen LogP contribution in [0, 0.1) is 12.8 Å². The molecule has 8 heteroatoms. The molecular weight excluding hydrogens is 430 g/mol. The Hall–Kier alpha value is -2.97. The van der Waals surface area contributed by atoms with Gasteiger partial charge in [-0.3, -0.25) is 4.79 Å². The Morgan fingerprint density at radius 3 is 2.85 bits per heavy atom. The topological polar surface area (TPSA) is 92.0 Å². The lowest BCUT2D eigenvalue weighted by atomic mass is 9.58. The molecule has 3 aromatic rings. The number of hydrogen-bond acceptors (Lipinski definition) is 6. The normalized spacial score (nSPS) is 32.2. The van der Waals surface area contributed by atoms with Crippen LogP contribution < -0.4 is 10.2 Å². The summed E-state index contributed by atoms with van der Waals surface area (Å²) < 4.78 is 8.01. The van der Waals surface area contributed by atoms with Gasteiger partial charge in [0.25, 0.3) is 0 Å². The van der Waals surface area contributed by atoms with Crippen LogP contribution in [0.4, 0.5) is 5.69 Å². The zero-order valence-electron chi connectivity index (χ0n) is 19.9. The highest BCUT2D eigenvalue weighted by molar-refractivity contribution is 5.74. The van der Waals surface area contributed by atoms with E-state index in [-0.39, 0.29) is 23.8 Å². The van der Waals surface area contributed by atoms with E-state index in [4.69, 9.17) is 14.8 Å². The second-order valence-corrected chi connectivity index (χ2v) is 10.6. The van der Waals surface area contributed by atoms with Crippen molar-refractivity contribution >= 4 is 17.2 Å². The van der Waals surface area contributed by atoms with Crippen molar-refractivity contribution in [2.45, 2.75) is 50.2 Å². The van der Waals surface area contributed by atoms with Gasteiger partial charge < -0.3 is 20.1 Å². The standard InChI is InChI=1S/C26H31N5O3/c1-17-11-20(30-10-9-24(3,15-30)19-7-5-4-6-8-19)12-31-22(17)27-23(29-31)26-14-25(16-34-26,21(26)13-32)28-18(2)33/h4-8,11-12,21,32H,9-10,13-16H2,1-3H3,(H,28,33)/t21?,24-,25?,26?/m0/s1. The molecule has 1 aliphatic carbocycles. The number of aryl methyl sites for hydroxylation is 1. The van der Waals surface area contributed by atoms with Gasteiger partial charge in [-0.1, -0.05) is 37.3 Å². The molecule has 1 aromatic carbocycles. The highest BCUT2D eigenvalue weighted by atomic mass is 16.5. The third kappa shape index (κ3) is 2.94. The molecule has 0 radical (unpaired) electrons. The minimum Gasteiger partial charge on any atom is -0.396 e. The summed E-state index contributed by atoms with van der Waals surface area (Å²) in [7, 11) is 0. The molecule has 7 rings (SSSR count). The van der Waals surface area contributed by atoms with Crippen molar-refractivity contribution in [2.75, 3.05) is 31.2 Å². The molecule has 4 fully saturated rings. The van der Waals surface area contributed by atoms with E-state index in [9.17, 15) is 9.90 Å². The van der Waals surface area contributed by atoms with E-state index in [1.807, 2.05) is 4.52 Å². The minimum absolute atomic E-state index is 0.0914. The molecule has 3 aliphatic heterocycles. The number of aromatic nitrogens is 3. The van der Waals surface area contributed by atoms with Crippen LogP contribution in [0.15, 0.2) is 42.6 Å². The Balaban J connectivity index is 1.31. The van der Waals surface area contributed by atoms with E-state index >= 15 is 0 Å². The van der Waals surface area contributed by atoms with Crippen molar-refractivity contribution < 1.29 is 14.6 Å². The molecule has 2 bridgehead atoms. The number of rotatable bonds is 5. The Morgan fingerprint density at radius 2 is 2.12 bits per heavy atom. The van der Waals surface area contributed by atoms with Crippen LogP contribution in [0.2, 0.25) is 0 Å². The van der Waals surface area contributed by atoms with Crippen LogP contribution in [0.25, 0.3) is 5.65 Å². The number of fused-ring (bicyclic) bond motifs is 2. The molecule has 0 spiro atoms. The Morgan fingerprint density at radius 1 is 1.32 bits per heavy atom. The number of amides is 1. The van der Waals surface area contributed by atoms with Crippen molar-refractivity contribution in [1.29, 1.82) is 0 Å². The molecule has 4 atom stereocenters. The maximum atomic E-state index is 11.7. The third-order valence-corrected chi connectivity index (χ3v) is 8.29. The summed E-state index contributed by atoms with van der Waals surface area (Å²) >= 11 is 0. The van der Waals surface area contributed by atoms with Crippen molar-refractivity contribution in [3.8, 4) is 0 Å². The first-order valence-electron chi connectivity index (χ1n) is 12.0. The number of aliphatic hydroxyl groups is 1. The summed E-state index contributed by atoms with van der Waals surface area (Å²) in [6.07, 6.45) is 3.72. The Kier molecular flexibility index (Phi) is 4.60. The Bertz CT molecular complexity index is 1280. The SMILES string of the molecule is CC(=O)NC12COC(c3nc4c(C)cc(N5CC[C@](C)(c6ccccc6)C5)cn4n3)(C1)C2CO. The zero-order valence-corrected chi connectivity index (χ0v) is 19.9. The van der Waals surface area contributed by atoms with Crippen LogP contribution in [0.3, 0.4) is 0 Å². The van der Waals surface area contributed by atoms with Gasteiger partial charge in [0.1, 0.15) is 5.60 Å². The second kappa shape index (κ2) is 7.26. The van der Waals surface area contributed by atoms with Gasteiger partial charge in [0, 0.05) is 37.8 Å². The summed E-state index contributed by atoms with van der Waals surface area (Å²) in [4.78, 5) is 19.0. The molecule has 3 unspecified atom stereocenters. The first kappa shape index (κ1) is 21.6. The molecular formula is C26H31N5O3. The number of hydrogen-bond donors (Lipinski definition) is 2. The van der Waals surface area contributed by atoms with E-state index < -0.39 is 11.1 Å². The minimum atomic E-state index is -0.755. The fourth-order valence-corrected chi connectivity index (χ4v) is 6.47. The molecule has 3 saturated heterocycles. The number of carbonyl (C=O) groups excluding carboxylic acids is 1. The van der Waals surface area contributed by atoms with Crippen LogP contribution >= 0.6 is 0 Å². The van der Waals surface area contributed by atoms with Crippen LogP contribution in [0.1, 0.15) is 43.6 Å². The molecule has 178 valence electrons. The van der Waals surface area contributed by atoms with Gasteiger partial charge in [0.2, 0.25) is 5.91 Å². The second-order valence-electron chi connectivity index (χ2n) is 10.6. The van der Waals surface area contributed by atoms with Gasteiger partial charge >= 0.3 is 0 Å². The van der Waals surface area contributed by atoms with Crippen molar-refractivity contribution in [3.63, 3.8) is 0 Å². The number of aliphatic hydroxyl groups excluding tert-OH is 1. The summed E-state index contributed by atoms with van der Waals surface area (Å²) in [5.41, 5.74) is 3.17. The van der Waals surface area contributed by atoms with Crippen LogP contribution in [-0.2, 0) is 20.5 Å². The maximum absolute atomic E-state index is 11.7. The largest absolute Gasteiger partial charge is 0.396 e. The van der Waals surface area contributed by atoms with E-state index in [0.29, 0.717) is 18.9 Å². The van der Waals surface area contributed by atoms with E-state index in [1.165, 1.54) is 12.5 Å². The predicted molar refractivity (Wildman–Crippen MR) is 128 cm³/mol. The van der Waals surface area contributed by atoms with Gasteiger partial charge in [-0.25, -0.2) is 9.50 Å². The van der Waals surface area contributed by atoms with Crippen molar-refractivity contribution in [3.05, 3.63) is 59.5 Å². The van der Waals surface area contributed by atoms with Crippen LogP contribution in [-0.4, -0.2) is 57.5 Å². The fraction of sp³-hybridized carbons (Fsp3) is 0.500. The average molecular weight is 462 g/mol. The monoisotopic (exact) mass is 461 g/mol. The van der Waals surface area contributed by atoms with Crippen LogP contribution in [0.5, 0.6) is 0 Å². The highest BCUT2D eigenvalue weighted by Crippen LogP contribution is 2.61. The lowest BCUT2D eigenvalue weighted by Gasteiger charge is -2.50. The van der Waals surface area contributed by atoms with Gasteiger partial charge in [-0.2, -0.15) is 0 Å². The van der Waals surface area contributed by atoms with Gasteiger partial charge in [0.05, 0.1) is 30.6 Å². The lowest BCUT2D eigenvalue weighted by Crippen LogP contribution is -2.67. The van der Waals surface area contributed by atoms with Crippen molar-refractivity contribution in [2.24, 2.45) is 5.92 Å². The average Bonchev–Trinajstić information content (AvgIpc) is 3.55. The fourth-order valence-electron chi connectivity index (χ4n) is 6.47. The molecule has 1 amide bonds. The molecule has 2 N–H and O–H groups in total. The summed E-state index contributed by atoms with van der Waals surface area (Å²) in [6, 6.07) is 12.9. The quantitative estimate of drug-likeness (QED) is 0.606. The number of nitrogens with one attached hydrogen (secondary N) is 1. The molecule has 8 nitrogen and oxygen atoms in total. The number of ether oxygens (including phenoxy) is 1. The molecule has 5 heterocycles. The third-order valence-electron chi connectivity index (χ3n) is 8.29. The number of benzene rings is 1. The zero-order chi connectivity index (χ0) is 23.7. The first-order valence-corrected chi connectivity index (χ1v) is 12.0.